The molecule has 0 aliphatic carbocycles. The Bertz CT molecular complexity index is 1070. The fraction of sp³-hybridized carbons (Fsp3) is 0.0952. The molecule has 0 saturated carbocycles. The van der Waals surface area contributed by atoms with E-state index in [1.807, 2.05) is 48.5 Å². The number of anilines is 1. The lowest BCUT2D eigenvalue weighted by atomic mass is 10.1. The number of ether oxygens (including phenoxy) is 1. The molecular weight excluding hydrogens is 342 g/mol. The Morgan fingerprint density at radius 2 is 1.85 bits per heavy atom. The number of nitrogens with one attached hydrogen (secondary N) is 1. The van der Waals surface area contributed by atoms with Crippen molar-refractivity contribution in [2.45, 2.75) is 6.42 Å². The van der Waals surface area contributed by atoms with Gasteiger partial charge in [-0.3, -0.25) is 9.78 Å². The lowest BCUT2D eigenvalue weighted by molar-refractivity contribution is -0.115. The van der Waals surface area contributed by atoms with Crippen molar-refractivity contribution in [1.29, 1.82) is 0 Å². The van der Waals surface area contributed by atoms with Gasteiger partial charge in [-0.1, -0.05) is 12.1 Å². The smallest absolute Gasteiger partial charge is 0.228 e. The highest BCUT2D eigenvalue weighted by Gasteiger charge is 2.10. The third-order valence-electron chi connectivity index (χ3n) is 4.12. The molecule has 27 heavy (non-hydrogen) atoms. The first-order valence-electron chi connectivity index (χ1n) is 8.45. The zero-order valence-corrected chi connectivity index (χ0v) is 14.7. The second-order valence-electron chi connectivity index (χ2n) is 6.01. The summed E-state index contributed by atoms with van der Waals surface area (Å²) in [6, 6.07) is 16.5. The number of methoxy groups -OCH3 is 1. The molecule has 4 rings (SSSR count). The molecule has 1 amide bonds. The van der Waals surface area contributed by atoms with Gasteiger partial charge < -0.3 is 14.5 Å². The van der Waals surface area contributed by atoms with Gasteiger partial charge in [0.05, 0.1) is 13.5 Å². The van der Waals surface area contributed by atoms with E-state index in [9.17, 15) is 4.79 Å². The van der Waals surface area contributed by atoms with Gasteiger partial charge in [0.2, 0.25) is 11.8 Å². The van der Waals surface area contributed by atoms with Gasteiger partial charge in [0.15, 0.2) is 5.58 Å². The van der Waals surface area contributed by atoms with Crippen molar-refractivity contribution < 1.29 is 13.9 Å². The Kier molecular flexibility index (Phi) is 4.53. The first kappa shape index (κ1) is 16.8. The number of aromatic nitrogens is 2. The van der Waals surface area contributed by atoms with Crippen LogP contribution in [-0.2, 0) is 11.2 Å². The van der Waals surface area contributed by atoms with E-state index < -0.39 is 0 Å². The molecule has 0 spiro atoms. The number of carbonyl (C=O) groups is 1. The highest BCUT2D eigenvalue weighted by atomic mass is 16.5. The predicted octanol–water partition coefficient (Wildman–Crippen LogP) is 4.08. The van der Waals surface area contributed by atoms with E-state index in [1.54, 1.807) is 25.6 Å². The largest absolute Gasteiger partial charge is 0.497 e. The highest BCUT2D eigenvalue weighted by Crippen LogP contribution is 2.26. The van der Waals surface area contributed by atoms with Crippen molar-refractivity contribution in [2.75, 3.05) is 12.4 Å². The Morgan fingerprint density at radius 1 is 1.07 bits per heavy atom. The molecule has 4 aromatic rings. The predicted molar refractivity (Wildman–Crippen MR) is 103 cm³/mol. The molecule has 0 atom stereocenters. The summed E-state index contributed by atoms with van der Waals surface area (Å²) in [5.74, 6) is 1.18. The molecular formula is C21H17N3O3. The van der Waals surface area contributed by atoms with E-state index in [0.717, 1.165) is 22.4 Å². The summed E-state index contributed by atoms with van der Waals surface area (Å²) in [6.45, 7) is 0. The minimum absolute atomic E-state index is 0.103. The molecule has 1 N–H and O–H groups in total. The Hall–Kier alpha value is -3.67. The second-order valence-corrected chi connectivity index (χ2v) is 6.01. The van der Waals surface area contributed by atoms with Crippen molar-refractivity contribution in [2.24, 2.45) is 0 Å². The zero-order valence-electron chi connectivity index (χ0n) is 14.7. The van der Waals surface area contributed by atoms with Crippen molar-refractivity contribution in [1.82, 2.24) is 9.97 Å². The summed E-state index contributed by atoms with van der Waals surface area (Å²) >= 11 is 0. The van der Waals surface area contributed by atoms with Crippen LogP contribution in [0.1, 0.15) is 5.56 Å². The van der Waals surface area contributed by atoms with E-state index in [2.05, 4.69) is 15.3 Å². The van der Waals surface area contributed by atoms with Crippen molar-refractivity contribution in [3.05, 3.63) is 72.6 Å². The van der Waals surface area contributed by atoms with Gasteiger partial charge in [-0.15, -0.1) is 0 Å². The quantitative estimate of drug-likeness (QED) is 0.581. The maximum atomic E-state index is 12.3. The topological polar surface area (TPSA) is 77.2 Å². The molecule has 0 aliphatic heterocycles. The van der Waals surface area contributed by atoms with E-state index in [-0.39, 0.29) is 12.3 Å². The lowest BCUT2D eigenvalue weighted by Gasteiger charge is -2.06. The van der Waals surface area contributed by atoms with E-state index >= 15 is 0 Å². The van der Waals surface area contributed by atoms with Gasteiger partial charge in [-0.2, -0.15) is 0 Å². The molecule has 6 heteroatoms. The zero-order chi connectivity index (χ0) is 18.6. The molecule has 0 bridgehead atoms. The van der Waals surface area contributed by atoms with Gasteiger partial charge in [0.1, 0.15) is 11.3 Å². The summed E-state index contributed by atoms with van der Waals surface area (Å²) < 4.78 is 10.9. The first-order valence-corrected chi connectivity index (χ1v) is 8.45. The van der Waals surface area contributed by atoms with Crippen molar-refractivity contribution >= 4 is 22.7 Å². The highest BCUT2D eigenvalue weighted by molar-refractivity contribution is 5.94. The molecule has 0 fully saturated rings. The van der Waals surface area contributed by atoms with Gasteiger partial charge in [0, 0.05) is 29.7 Å². The Balaban J connectivity index is 1.49. The molecule has 2 aromatic carbocycles. The number of carbonyl (C=O) groups excluding carboxylic acids is 1. The summed E-state index contributed by atoms with van der Waals surface area (Å²) in [5, 5.41) is 2.89. The Labute approximate surface area is 155 Å². The first-order chi connectivity index (χ1) is 13.2. The number of oxazole rings is 1. The number of hydrogen-bond acceptors (Lipinski definition) is 5. The fourth-order valence-electron chi connectivity index (χ4n) is 2.75. The van der Waals surface area contributed by atoms with Crippen molar-refractivity contribution in [3.63, 3.8) is 0 Å². The fourth-order valence-corrected chi connectivity index (χ4v) is 2.75. The summed E-state index contributed by atoms with van der Waals surface area (Å²) in [4.78, 5) is 20.8. The third kappa shape index (κ3) is 3.79. The van der Waals surface area contributed by atoms with Crippen LogP contribution >= 0.6 is 0 Å². The normalized spacial score (nSPS) is 10.7. The van der Waals surface area contributed by atoms with Gasteiger partial charge in [-0.05, 0) is 42.0 Å². The number of benzene rings is 2. The van der Waals surface area contributed by atoms with Crippen LogP contribution in [0.25, 0.3) is 22.6 Å². The average molecular weight is 359 g/mol. The van der Waals surface area contributed by atoms with E-state index in [4.69, 9.17) is 9.15 Å². The number of pyridine rings is 1. The third-order valence-corrected chi connectivity index (χ3v) is 4.12. The van der Waals surface area contributed by atoms with Crippen LogP contribution < -0.4 is 10.1 Å². The van der Waals surface area contributed by atoms with Crippen LogP contribution in [0.2, 0.25) is 0 Å². The molecule has 0 aliphatic rings. The van der Waals surface area contributed by atoms with Crippen molar-refractivity contribution in [3.8, 4) is 17.2 Å². The SMILES string of the molecule is COc1ccc(CC(=O)Nc2ccc3nc(-c4ccncc4)oc3c2)cc1. The summed E-state index contributed by atoms with van der Waals surface area (Å²) in [6.07, 6.45) is 3.66. The maximum Gasteiger partial charge on any atom is 0.228 e. The number of rotatable bonds is 5. The van der Waals surface area contributed by atoms with Crippen LogP contribution in [0, 0.1) is 0 Å². The lowest BCUT2D eigenvalue weighted by Crippen LogP contribution is -2.14. The second kappa shape index (κ2) is 7.29. The molecule has 134 valence electrons. The van der Waals surface area contributed by atoms with Gasteiger partial charge >= 0.3 is 0 Å². The van der Waals surface area contributed by atoms with Crippen LogP contribution in [0.5, 0.6) is 5.75 Å². The van der Waals surface area contributed by atoms with Crippen LogP contribution in [0.3, 0.4) is 0 Å². The van der Waals surface area contributed by atoms with Gasteiger partial charge in [0.25, 0.3) is 0 Å². The van der Waals surface area contributed by atoms with Crippen LogP contribution in [-0.4, -0.2) is 23.0 Å². The number of fused-ring (bicyclic) bond motifs is 1. The molecule has 0 saturated heterocycles. The number of amides is 1. The number of hydrogen-bond donors (Lipinski definition) is 1. The molecule has 6 nitrogen and oxygen atoms in total. The van der Waals surface area contributed by atoms with Crippen LogP contribution in [0.15, 0.2) is 71.4 Å². The summed E-state index contributed by atoms with van der Waals surface area (Å²) in [7, 11) is 1.61. The molecule has 0 radical (unpaired) electrons. The van der Waals surface area contributed by atoms with E-state index in [1.165, 1.54) is 0 Å². The maximum absolute atomic E-state index is 12.3. The van der Waals surface area contributed by atoms with Crippen LogP contribution in [0.4, 0.5) is 5.69 Å². The molecule has 2 heterocycles. The molecule has 0 unspecified atom stereocenters. The standard InChI is InChI=1S/C21H17N3O3/c1-26-17-5-2-14(3-6-17)12-20(25)23-16-4-7-18-19(13-16)27-21(24-18)15-8-10-22-11-9-15/h2-11,13H,12H2,1H3,(H,23,25). The minimum atomic E-state index is -0.103. The monoisotopic (exact) mass is 359 g/mol. The number of nitrogens with zero attached hydrogens (tertiary/aromatic N) is 2. The van der Waals surface area contributed by atoms with Gasteiger partial charge in [-0.25, -0.2) is 4.98 Å². The Morgan fingerprint density at radius 3 is 2.59 bits per heavy atom. The minimum Gasteiger partial charge on any atom is -0.497 e. The molecule has 2 aromatic heterocycles. The van der Waals surface area contributed by atoms with E-state index in [0.29, 0.717) is 17.2 Å². The average Bonchev–Trinajstić information content (AvgIpc) is 3.12. The summed E-state index contributed by atoms with van der Waals surface area (Å²) in [5.41, 5.74) is 3.78.